The molecule has 13 heavy (non-hydrogen) atoms. The van der Waals surface area contributed by atoms with E-state index in [1.54, 1.807) is 0 Å². The molecule has 0 saturated carbocycles. The lowest BCUT2D eigenvalue weighted by molar-refractivity contribution is 0.152. The predicted molar refractivity (Wildman–Crippen MR) is 55.2 cm³/mol. The number of hydrogen-bond donors (Lipinski definition) is 0. The highest BCUT2D eigenvalue weighted by atomic mass is 16.5. The number of ether oxygens (including phenoxy) is 2. The van der Waals surface area contributed by atoms with Gasteiger partial charge in [-0.2, -0.15) is 0 Å². The molecule has 0 aliphatic carbocycles. The molecular weight excluding hydrogens is 164 g/mol. The summed E-state index contributed by atoms with van der Waals surface area (Å²) in [6.07, 6.45) is 4.07. The van der Waals surface area contributed by atoms with Crippen LogP contribution in [0.3, 0.4) is 0 Å². The molecule has 0 aromatic carbocycles. The third-order valence-electron chi connectivity index (χ3n) is 1.80. The van der Waals surface area contributed by atoms with Crippen molar-refractivity contribution in [2.24, 2.45) is 11.8 Å². The van der Waals surface area contributed by atoms with Crippen LogP contribution in [-0.2, 0) is 9.47 Å². The highest BCUT2D eigenvalue weighted by Gasteiger charge is 2.08. The molecule has 0 saturated heterocycles. The lowest BCUT2D eigenvalue weighted by Gasteiger charge is -2.16. The van der Waals surface area contributed by atoms with E-state index in [-0.39, 0.29) is 0 Å². The van der Waals surface area contributed by atoms with Crippen molar-refractivity contribution < 1.29 is 9.47 Å². The molecule has 2 atom stereocenters. The van der Waals surface area contributed by atoms with Crippen molar-refractivity contribution >= 4 is 0 Å². The zero-order valence-electron chi connectivity index (χ0n) is 8.66. The van der Waals surface area contributed by atoms with Crippen LogP contribution in [-0.4, -0.2) is 13.2 Å². The second-order valence-corrected chi connectivity index (χ2v) is 3.45. The average Bonchev–Trinajstić information content (AvgIpc) is 2.11. The Labute approximate surface area is 81.2 Å². The van der Waals surface area contributed by atoms with Crippen LogP contribution in [0.25, 0.3) is 0 Å². The smallest absolute Gasteiger partial charge is 0.0898 e. The van der Waals surface area contributed by atoms with Gasteiger partial charge in [0.1, 0.15) is 0 Å². The average molecular weight is 184 g/mol. The van der Waals surface area contributed by atoms with E-state index in [1.165, 1.54) is 12.5 Å². The van der Waals surface area contributed by atoms with E-state index in [4.69, 9.17) is 9.47 Å². The first-order valence-corrected chi connectivity index (χ1v) is 4.65. The van der Waals surface area contributed by atoms with Gasteiger partial charge in [-0.25, -0.2) is 0 Å². The molecule has 0 heterocycles. The minimum absolute atomic E-state index is 0.543. The standard InChI is InChI=1S/C11H20O2/c1-5-12-8-10(3)7-11(4)9-13-6-2/h5-6,10-11H,1-2,7-9H2,3-4H3. The minimum Gasteiger partial charge on any atom is -0.502 e. The summed E-state index contributed by atoms with van der Waals surface area (Å²) >= 11 is 0. The molecule has 0 spiro atoms. The van der Waals surface area contributed by atoms with Gasteiger partial charge >= 0.3 is 0 Å². The molecule has 0 rings (SSSR count). The lowest BCUT2D eigenvalue weighted by atomic mass is 9.99. The van der Waals surface area contributed by atoms with E-state index < -0.39 is 0 Å². The molecule has 0 radical (unpaired) electrons. The van der Waals surface area contributed by atoms with Gasteiger partial charge in [0.05, 0.1) is 25.7 Å². The van der Waals surface area contributed by atoms with Crippen molar-refractivity contribution in [2.45, 2.75) is 20.3 Å². The molecule has 0 aliphatic heterocycles. The highest BCUT2D eigenvalue weighted by molar-refractivity contribution is 4.61. The van der Waals surface area contributed by atoms with E-state index >= 15 is 0 Å². The molecule has 0 fully saturated rings. The molecule has 2 heteroatoms. The van der Waals surface area contributed by atoms with Crippen molar-refractivity contribution in [1.29, 1.82) is 0 Å². The predicted octanol–water partition coefficient (Wildman–Crippen LogP) is 2.97. The third kappa shape index (κ3) is 7.44. The normalized spacial score (nSPS) is 14.3. The highest BCUT2D eigenvalue weighted by Crippen LogP contribution is 2.12. The fraction of sp³-hybridized carbons (Fsp3) is 0.636. The van der Waals surface area contributed by atoms with Crippen molar-refractivity contribution in [1.82, 2.24) is 0 Å². The van der Waals surface area contributed by atoms with Crippen molar-refractivity contribution in [3.63, 3.8) is 0 Å². The molecular formula is C11H20O2. The fourth-order valence-corrected chi connectivity index (χ4v) is 1.29. The van der Waals surface area contributed by atoms with Crippen LogP contribution < -0.4 is 0 Å². The van der Waals surface area contributed by atoms with Crippen molar-refractivity contribution in [3.8, 4) is 0 Å². The Hall–Kier alpha value is -0.920. The van der Waals surface area contributed by atoms with E-state index in [1.807, 2.05) is 0 Å². The molecule has 0 aromatic rings. The molecule has 2 unspecified atom stereocenters. The third-order valence-corrected chi connectivity index (χ3v) is 1.80. The Bertz CT molecular complexity index is 127. The van der Waals surface area contributed by atoms with Crippen LogP contribution in [0.1, 0.15) is 20.3 Å². The van der Waals surface area contributed by atoms with Gasteiger partial charge in [-0.3, -0.25) is 0 Å². The Kier molecular flexibility index (Phi) is 7.17. The second kappa shape index (κ2) is 7.71. The molecule has 0 bridgehead atoms. The van der Waals surface area contributed by atoms with Crippen LogP contribution >= 0.6 is 0 Å². The van der Waals surface area contributed by atoms with Crippen LogP contribution in [0.5, 0.6) is 0 Å². The quantitative estimate of drug-likeness (QED) is 0.540. The first-order valence-electron chi connectivity index (χ1n) is 4.65. The largest absolute Gasteiger partial charge is 0.502 e. The van der Waals surface area contributed by atoms with E-state index in [0.717, 1.165) is 19.6 Å². The summed E-state index contributed by atoms with van der Waals surface area (Å²) in [4.78, 5) is 0. The number of hydrogen-bond acceptors (Lipinski definition) is 2. The molecule has 76 valence electrons. The van der Waals surface area contributed by atoms with E-state index in [2.05, 4.69) is 27.0 Å². The van der Waals surface area contributed by atoms with Crippen molar-refractivity contribution in [2.75, 3.05) is 13.2 Å². The first-order chi connectivity index (χ1) is 6.20. The zero-order chi connectivity index (χ0) is 10.1. The van der Waals surface area contributed by atoms with Crippen LogP contribution in [0.4, 0.5) is 0 Å². The summed E-state index contributed by atoms with van der Waals surface area (Å²) in [5.41, 5.74) is 0. The van der Waals surface area contributed by atoms with Gasteiger partial charge in [0.2, 0.25) is 0 Å². The topological polar surface area (TPSA) is 18.5 Å². The van der Waals surface area contributed by atoms with Gasteiger partial charge in [-0.1, -0.05) is 27.0 Å². The van der Waals surface area contributed by atoms with E-state index in [9.17, 15) is 0 Å². The Balaban J connectivity index is 3.45. The maximum absolute atomic E-state index is 5.10. The van der Waals surface area contributed by atoms with Gasteiger partial charge in [0.15, 0.2) is 0 Å². The second-order valence-electron chi connectivity index (χ2n) is 3.45. The molecule has 0 aliphatic rings. The monoisotopic (exact) mass is 184 g/mol. The summed E-state index contributed by atoms with van der Waals surface area (Å²) in [7, 11) is 0. The summed E-state index contributed by atoms with van der Waals surface area (Å²) in [6.45, 7) is 12.8. The molecule has 2 nitrogen and oxygen atoms in total. The Morgan fingerprint density at radius 1 is 1.00 bits per heavy atom. The zero-order valence-corrected chi connectivity index (χ0v) is 8.66. The van der Waals surface area contributed by atoms with Gasteiger partial charge < -0.3 is 9.47 Å². The van der Waals surface area contributed by atoms with Crippen LogP contribution in [0.15, 0.2) is 25.7 Å². The molecule has 0 amide bonds. The summed E-state index contributed by atoms with van der Waals surface area (Å²) in [5, 5.41) is 0. The van der Waals surface area contributed by atoms with E-state index in [0.29, 0.717) is 11.8 Å². The van der Waals surface area contributed by atoms with Crippen LogP contribution in [0, 0.1) is 11.8 Å². The van der Waals surface area contributed by atoms with Gasteiger partial charge in [0, 0.05) is 0 Å². The summed E-state index contributed by atoms with van der Waals surface area (Å²) in [6, 6.07) is 0. The van der Waals surface area contributed by atoms with Gasteiger partial charge in [-0.15, -0.1) is 0 Å². The summed E-state index contributed by atoms with van der Waals surface area (Å²) in [5.74, 6) is 1.09. The first kappa shape index (κ1) is 12.1. The van der Waals surface area contributed by atoms with Gasteiger partial charge in [0.25, 0.3) is 0 Å². The maximum Gasteiger partial charge on any atom is 0.0898 e. The SMILES string of the molecule is C=COCC(C)CC(C)COC=C. The molecule has 0 aromatic heterocycles. The molecule has 0 N–H and O–H groups in total. The van der Waals surface area contributed by atoms with Crippen molar-refractivity contribution in [3.05, 3.63) is 25.7 Å². The lowest BCUT2D eigenvalue weighted by Crippen LogP contribution is -2.11. The number of rotatable bonds is 8. The minimum atomic E-state index is 0.543. The Morgan fingerprint density at radius 3 is 1.69 bits per heavy atom. The van der Waals surface area contributed by atoms with Gasteiger partial charge in [-0.05, 0) is 18.3 Å². The maximum atomic E-state index is 5.10. The fourth-order valence-electron chi connectivity index (χ4n) is 1.29. The van der Waals surface area contributed by atoms with Crippen LogP contribution in [0.2, 0.25) is 0 Å². The Morgan fingerprint density at radius 2 is 1.38 bits per heavy atom. The summed E-state index contributed by atoms with van der Waals surface area (Å²) < 4.78 is 10.2.